The molecular weight excluding hydrogens is 428 g/mol. The van der Waals surface area contributed by atoms with Crippen LogP contribution in [0.4, 0.5) is 5.69 Å². The van der Waals surface area contributed by atoms with Crippen LogP contribution in [-0.4, -0.2) is 55.6 Å². The van der Waals surface area contributed by atoms with Gasteiger partial charge in [-0.2, -0.15) is 4.31 Å². The van der Waals surface area contributed by atoms with Crippen molar-refractivity contribution >= 4 is 33.3 Å². The number of anilines is 1. The minimum absolute atomic E-state index is 0.159. The highest BCUT2D eigenvalue weighted by atomic mass is 35.5. The fourth-order valence-electron chi connectivity index (χ4n) is 3.24. The van der Waals surface area contributed by atoms with Crippen LogP contribution in [0.1, 0.15) is 19.4 Å². The molecule has 1 heterocycles. The van der Waals surface area contributed by atoms with Gasteiger partial charge in [-0.3, -0.25) is 0 Å². The van der Waals surface area contributed by atoms with Gasteiger partial charge in [-0.1, -0.05) is 23.7 Å². The van der Waals surface area contributed by atoms with E-state index in [0.29, 0.717) is 42.5 Å². The van der Waals surface area contributed by atoms with E-state index in [9.17, 15) is 18.3 Å². The van der Waals surface area contributed by atoms with Gasteiger partial charge in [0.1, 0.15) is 5.75 Å². The second kappa shape index (κ2) is 8.45. The van der Waals surface area contributed by atoms with E-state index < -0.39 is 21.6 Å². The van der Waals surface area contributed by atoms with E-state index in [1.807, 2.05) is 24.3 Å². The Kier molecular flexibility index (Phi) is 6.31. The highest BCUT2D eigenvalue weighted by Gasteiger charge is 2.32. The Morgan fingerprint density at radius 2 is 1.73 bits per heavy atom. The molecule has 3 rings (SSSR count). The molecule has 1 saturated heterocycles. The van der Waals surface area contributed by atoms with Crippen LogP contribution < -0.4 is 9.64 Å². The molecule has 0 radical (unpaired) electrons. The molecule has 162 valence electrons. The van der Waals surface area contributed by atoms with E-state index in [1.54, 1.807) is 6.92 Å². The van der Waals surface area contributed by atoms with Crippen LogP contribution in [0.3, 0.4) is 0 Å². The van der Waals surface area contributed by atoms with E-state index in [2.05, 4.69) is 4.90 Å². The molecule has 0 atom stereocenters. The maximum absolute atomic E-state index is 13.1. The number of halogens is 1. The SMILES string of the molecule is Cc1cc(S(=O)(=O)N2CCN(c3ccccc3Cl)CC2)ccc1OC(C)(C)C(=O)O. The highest BCUT2D eigenvalue weighted by Crippen LogP contribution is 2.29. The Bertz CT molecular complexity index is 1050. The number of sulfonamides is 1. The first-order chi connectivity index (χ1) is 14.0. The summed E-state index contributed by atoms with van der Waals surface area (Å²) in [7, 11) is -3.68. The fourth-order valence-corrected chi connectivity index (χ4v) is 5.01. The molecule has 7 nitrogen and oxygen atoms in total. The van der Waals surface area contributed by atoms with Crippen molar-refractivity contribution in [3.8, 4) is 5.75 Å². The van der Waals surface area contributed by atoms with Gasteiger partial charge >= 0.3 is 5.97 Å². The number of piperazine rings is 1. The van der Waals surface area contributed by atoms with Gasteiger partial charge in [0, 0.05) is 26.2 Å². The molecule has 1 N–H and O–H groups in total. The topological polar surface area (TPSA) is 87.2 Å². The number of hydrogen-bond acceptors (Lipinski definition) is 5. The maximum Gasteiger partial charge on any atom is 0.347 e. The molecule has 0 spiro atoms. The summed E-state index contributed by atoms with van der Waals surface area (Å²) in [5, 5.41) is 9.87. The molecule has 0 aliphatic carbocycles. The van der Waals surface area contributed by atoms with Crippen molar-refractivity contribution in [3.05, 3.63) is 53.1 Å². The van der Waals surface area contributed by atoms with Gasteiger partial charge in [-0.25, -0.2) is 13.2 Å². The van der Waals surface area contributed by atoms with Crippen LogP contribution in [0.2, 0.25) is 5.02 Å². The van der Waals surface area contributed by atoms with Gasteiger partial charge in [-0.15, -0.1) is 0 Å². The molecular formula is C21H25ClN2O5S. The molecule has 0 aromatic heterocycles. The second-order valence-corrected chi connectivity index (χ2v) is 10.0. The van der Waals surface area contributed by atoms with E-state index in [0.717, 1.165) is 5.69 Å². The van der Waals surface area contributed by atoms with Gasteiger partial charge in [0.2, 0.25) is 10.0 Å². The van der Waals surface area contributed by atoms with Crippen LogP contribution in [0.25, 0.3) is 0 Å². The summed E-state index contributed by atoms with van der Waals surface area (Å²) in [4.78, 5) is 13.5. The molecule has 1 aliphatic rings. The van der Waals surface area contributed by atoms with Crippen molar-refractivity contribution in [2.75, 3.05) is 31.1 Å². The number of nitrogens with zero attached hydrogens (tertiary/aromatic N) is 2. The minimum atomic E-state index is -3.68. The molecule has 2 aromatic carbocycles. The van der Waals surface area contributed by atoms with Crippen LogP contribution in [0, 0.1) is 6.92 Å². The zero-order valence-corrected chi connectivity index (χ0v) is 18.7. The fraction of sp³-hybridized carbons (Fsp3) is 0.381. The number of carboxylic acid groups (broad SMARTS) is 1. The number of ether oxygens (including phenoxy) is 1. The first-order valence-electron chi connectivity index (χ1n) is 9.55. The normalized spacial score (nSPS) is 15.8. The van der Waals surface area contributed by atoms with Crippen LogP contribution >= 0.6 is 11.6 Å². The van der Waals surface area contributed by atoms with Gasteiger partial charge in [0.05, 0.1) is 15.6 Å². The Morgan fingerprint density at radius 1 is 1.10 bits per heavy atom. The molecule has 0 unspecified atom stereocenters. The van der Waals surface area contributed by atoms with Crippen LogP contribution in [0.5, 0.6) is 5.75 Å². The zero-order chi connectivity index (χ0) is 22.1. The number of rotatable bonds is 6. The van der Waals surface area contributed by atoms with Gasteiger partial charge in [0.25, 0.3) is 0 Å². The van der Waals surface area contributed by atoms with E-state index >= 15 is 0 Å². The average molecular weight is 453 g/mol. The van der Waals surface area contributed by atoms with E-state index in [4.69, 9.17) is 16.3 Å². The third kappa shape index (κ3) is 4.55. The summed E-state index contributed by atoms with van der Waals surface area (Å²) in [6.07, 6.45) is 0. The van der Waals surface area contributed by atoms with Gasteiger partial charge in [-0.05, 0) is 56.7 Å². The molecule has 0 saturated carbocycles. The zero-order valence-electron chi connectivity index (χ0n) is 17.1. The third-order valence-corrected chi connectivity index (χ3v) is 7.31. The molecule has 0 amide bonds. The van der Waals surface area contributed by atoms with Crippen LogP contribution in [-0.2, 0) is 14.8 Å². The summed E-state index contributed by atoms with van der Waals surface area (Å²) < 4.78 is 33.2. The molecule has 9 heteroatoms. The number of benzene rings is 2. The number of aliphatic carboxylic acids is 1. The Morgan fingerprint density at radius 3 is 2.30 bits per heavy atom. The summed E-state index contributed by atoms with van der Waals surface area (Å²) in [5.74, 6) is -0.764. The highest BCUT2D eigenvalue weighted by molar-refractivity contribution is 7.89. The summed E-state index contributed by atoms with van der Waals surface area (Å²) >= 11 is 6.26. The van der Waals surface area contributed by atoms with Crippen molar-refractivity contribution in [2.24, 2.45) is 0 Å². The van der Waals surface area contributed by atoms with E-state index in [1.165, 1.54) is 36.4 Å². The standard InChI is InChI=1S/C21H25ClN2O5S/c1-15-14-16(8-9-19(15)29-21(2,3)20(25)26)30(27,28)24-12-10-23(11-13-24)18-7-5-4-6-17(18)22/h4-9,14H,10-13H2,1-3H3,(H,25,26). The minimum Gasteiger partial charge on any atom is -0.478 e. The maximum atomic E-state index is 13.1. The largest absolute Gasteiger partial charge is 0.478 e. The lowest BCUT2D eigenvalue weighted by molar-refractivity contribution is -0.152. The molecule has 1 fully saturated rings. The third-order valence-electron chi connectivity index (χ3n) is 5.10. The molecule has 0 bridgehead atoms. The number of hydrogen-bond donors (Lipinski definition) is 1. The number of para-hydroxylation sites is 1. The molecule has 1 aliphatic heterocycles. The quantitative estimate of drug-likeness (QED) is 0.722. The van der Waals surface area contributed by atoms with Crippen molar-refractivity contribution in [1.82, 2.24) is 4.31 Å². The smallest absolute Gasteiger partial charge is 0.347 e. The average Bonchev–Trinajstić information content (AvgIpc) is 2.69. The molecule has 2 aromatic rings. The van der Waals surface area contributed by atoms with Crippen molar-refractivity contribution < 1.29 is 23.1 Å². The first-order valence-corrected chi connectivity index (χ1v) is 11.4. The van der Waals surface area contributed by atoms with Crippen LogP contribution in [0.15, 0.2) is 47.4 Å². The number of carboxylic acids is 1. The van der Waals surface area contributed by atoms with Crippen molar-refractivity contribution in [3.63, 3.8) is 0 Å². The number of carbonyl (C=O) groups is 1. The lowest BCUT2D eigenvalue weighted by Crippen LogP contribution is -2.48. The van der Waals surface area contributed by atoms with Gasteiger partial charge in [0.15, 0.2) is 5.60 Å². The summed E-state index contributed by atoms with van der Waals surface area (Å²) in [6.45, 7) is 6.34. The first kappa shape index (κ1) is 22.4. The molecule has 30 heavy (non-hydrogen) atoms. The van der Waals surface area contributed by atoms with Crippen molar-refractivity contribution in [2.45, 2.75) is 31.3 Å². The lowest BCUT2D eigenvalue weighted by atomic mass is 10.1. The summed E-state index contributed by atoms with van der Waals surface area (Å²) in [5.41, 5.74) is 0.0370. The Hall–Kier alpha value is -2.29. The Balaban J connectivity index is 1.74. The monoisotopic (exact) mass is 452 g/mol. The predicted molar refractivity (Wildman–Crippen MR) is 116 cm³/mol. The predicted octanol–water partition coefficient (Wildman–Crippen LogP) is 3.40. The Labute approximate surface area is 181 Å². The van der Waals surface area contributed by atoms with Crippen molar-refractivity contribution in [1.29, 1.82) is 0 Å². The lowest BCUT2D eigenvalue weighted by Gasteiger charge is -2.35. The van der Waals surface area contributed by atoms with Gasteiger partial charge < -0.3 is 14.7 Å². The second-order valence-electron chi connectivity index (χ2n) is 7.69. The number of aryl methyl sites for hydroxylation is 1. The van der Waals surface area contributed by atoms with E-state index in [-0.39, 0.29) is 4.90 Å². The summed E-state index contributed by atoms with van der Waals surface area (Å²) in [6, 6.07) is 12.0.